The normalized spacial score (nSPS) is 27.6. The molecule has 6 nitrogen and oxygen atoms in total. The lowest BCUT2D eigenvalue weighted by atomic mass is 9.74. The number of ether oxygens (including phenoxy) is 2. The maximum atomic E-state index is 12.2. The second kappa shape index (κ2) is 10.4. The molecule has 0 aromatic heterocycles. The van der Waals surface area contributed by atoms with Crippen molar-refractivity contribution in [3.8, 4) is 0 Å². The molecular formula is C20H37NO5. The second-order valence-electron chi connectivity index (χ2n) is 8.05. The first-order chi connectivity index (χ1) is 12.1. The summed E-state index contributed by atoms with van der Waals surface area (Å²) in [5, 5.41) is 23.3. The molecule has 1 amide bonds. The number of amides is 1. The molecule has 26 heavy (non-hydrogen) atoms. The molecule has 0 spiro atoms. The number of rotatable bonds is 10. The third-order valence-electron chi connectivity index (χ3n) is 5.33. The van der Waals surface area contributed by atoms with Gasteiger partial charge in [0.25, 0.3) is 5.91 Å². The van der Waals surface area contributed by atoms with Gasteiger partial charge >= 0.3 is 0 Å². The maximum absolute atomic E-state index is 12.2. The summed E-state index contributed by atoms with van der Waals surface area (Å²) in [5.41, 5.74) is 0.564. The van der Waals surface area contributed by atoms with Crippen molar-refractivity contribution in [1.82, 2.24) is 5.32 Å². The molecule has 152 valence electrons. The van der Waals surface area contributed by atoms with Crippen molar-refractivity contribution in [2.45, 2.75) is 96.9 Å². The van der Waals surface area contributed by atoms with E-state index in [0.29, 0.717) is 19.3 Å². The molecule has 0 aromatic rings. The number of hydrogen-bond donors (Lipinski definition) is 3. The predicted molar refractivity (Wildman–Crippen MR) is 102 cm³/mol. The predicted octanol–water partition coefficient (Wildman–Crippen LogP) is 2.53. The molecule has 1 saturated heterocycles. The van der Waals surface area contributed by atoms with E-state index in [0.717, 1.165) is 24.8 Å². The molecular weight excluding hydrogens is 334 g/mol. The van der Waals surface area contributed by atoms with Gasteiger partial charge in [0.2, 0.25) is 0 Å². The summed E-state index contributed by atoms with van der Waals surface area (Å²) in [5.74, 6) is -0.494. The van der Waals surface area contributed by atoms with Gasteiger partial charge in [-0.15, -0.1) is 6.58 Å². The Hall–Kier alpha value is -0.950. The van der Waals surface area contributed by atoms with Gasteiger partial charge in [0.05, 0.1) is 12.2 Å². The highest BCUT2D eigenvalue weighted by molar-refractivity contribution is 5.80. The second-order valence-corrected chi connectivity index (χ2v) is 8.05. The molecule has 0 saturated carbocycles. The van der Waals surface area contributed by atoms with Gasteiger partial charge in [-0.3, -0.25) is 4.79 Å². The van der Waals surface area contributed by atoms with Crippen LogP contribution in [0.2, 0.25) is 0 Å². The Kier molecular flexibility index (Phi) is 9.24. The van der Waals surface area contributed by atoms with Gasteiger partial charge in [-0.1, -0.05) is 39.2 Å². The molecule has 0 aromatic carbocycles. The number of carbonyl (C=O) groups is 1. The van der Waals surface area contributed by atoms with Gasteiger partial charge in [0.1, 0.15) is 12.2 Å². The number of nitrogens with one attached hydrogen (secondary N) is 1. The minimum atomic E-state index is -1.12. The van der Waals surface area contributed by atoms with E-state index in [9.17, 15) is 15.0 Å². The summed E-state index contributed by atoms with van der Waals surface area (Å²) in [6.07, 6.45) is 1.23. The van der Waals surface area contributed by atoms with E-state index in [1.807, 2.05) is 20.8 Å². The average Bonchev–Trinajstić information content (AvgIpc) is 2.58. The Morgan fingerprint density at radius 1 is 1.46 bits per heavy atom. The minimum absolute atomic E-state index is 0.112. The molecule has 1 fully saturated rings. The highest BCUT2D eigenvalue weighted by Crippen LogP contribution is 2.39. The monoisotopic (exact) mass is 371 g/mol. The van der Waals surface area contributed by atoms with Gasteiger partial charge in [0.15, 0.2) is 6.23 Å². The van der Waals surface area contributed by atoms with Crippen molar-refractivity contribution in [2.75, 3.05) is 7.11 Å². The average molecular weight is 372 g/mol. The number of methoxy groups -OCH3 is 1. The van der Waals surface area contributed by atoms with Crippen molar-refractivity contribution in [3.05, 3.63) is 12.2 Å². The van der Waals surface area contributed by atoms with Crippen LogP contribution in [0.3, 0.4) is 0 Å². The summed E-state index contributed by atoms with van der Waals surface area (Å²) < 4.78 is 11.6. The van der Waals surface area contributed by atoms with Crippen LogP contribution in [0.15, 0.2) is 12.2 Å². The SMILES string of the molecule is C=C(C)CCC(O)C(=O)NC(OC)C1CC(O)C(C)(C)C(CCCC)O1. The fourth-order valence-corrected chi connectivity index (χ4v) is 3.26. The molecule has 1 aliphatic rings. The van der Waals surface area contributed by atoms with E-state index in [2.05, 4.69) is 18.8 Å². The third-order valence-corrected chi connectivity index (χ3v) is 5.33. The quantitative estimate of drug-likeness (QED) is 0.406. The topological polar surface area (TPSA) is 88.0 Å². The van der Waals surface area contributed by atoms with Crippen LogP contribution in [0.1, 0.15) is 66.2 Å². The minimum Gasteiger partial charge on any atom is -0.392 e. The first-order valence-electron chi connectivity index (χ1n) is 9.62. The summed E-state index contributed by atoms with van der Waals surface area (Å²) in [6.45, 7) is 11.8. The Bertz CT molecular complexity index is 465. The number of aliphatic hydroxyl groups excluding tert-OH is 2. The van der Waals surface area contributed by atoms with Crippen molar-refractivity contribution >= 4 is 5.91 Å². The van der Waals surface area contributed by atoms with Gasteiger partial charge in [-0.25, -0.2) is 0 Å². The number of hydrogen-bond acceptors (Lipinski definition) is 5. The molecule has 5 atom stereocenters. The van der Waals surface area contributed by atoms with Crippen LogP contribution in [-0.4, -0.2) is 53.9 Å². The van der Waals surface area contributed by atoms with Crippen molar-refractivity contribution < 1.29 is 24.5 Å². The first-order valence-corrected chi connectivity index (χ1v) is 9.62. The van der Waals surface area contributed by atoms with Gasteiger partial charge in [-0.05, 0) is 26.2 Å². The van der Waals surface area contributed by atoms with Crippen LogP contribution >= 0.6 is 0 Å². The molecule has 5 unspecified atom stereocenters. The zero-order valence-electron chi connectivity index (χ0n) is 17.0. The summed E-state index contributed by atoms with van der Waals surface area (Å²) in [4.78, 5) is 12.2. The third kappa shape index (κ3) is 6.34. The largest absolute Gasteiger partial charge is 0.392 e. The van der Waals surface area contributed by atoms with E-state index in [4.69, 9.17) is 9.47 Å². The molecule has 6 heteroatoms. The van der Waals surface area contributed by atoms with Crippen LogP contribution in [0.5, 0.6) is 0 Å². The Balaban J connectivity index is 2.73. The lowest BCUT2D eigenvalue weighted by Crippen LogP contribution is -2.57. The van der Waals surface area contributed by atoms with Crippen molar-refractivity contribution in [3.63, 3.8) is 0 Å². The zero-order valence-corrected chi connectivity index (χ0v) is 17.0. The fourth-order valence-electron chi connectivity index (χ4n) is 3.26. The molecule has 0 bridgehead atoms. The Morgan fingerprint density at radius 2 is 2.12 bits per heavy atom. The van der Waals surface area contributed by atoms with Crippen LogP contribution < -0.4 is 5.32 Å². The summed E-state index contributed by atoms with van der Waals surface area (Å²) >= 11 is 0. The Morgan fingerprint density at radius 3 is 2.65 bits per heavy atom. The Labute approximate surface area is 158 Å². The van der Waals surface area contributed by atoms with Crippen LogP contribution in [0, 0.1) is 5.41 Å². The van der Waals surface area contributed by atoms with Crippen molar-refractivity contribution in [2.24, 2.45) is 5.41 Å². The van der Waals surface area contributed by atoms with Gasteiger partial charge in [0, 0.05) is 18.9 Å². The smallest absolute Gasteiger partial charge is 0.250 e. The van der Waals surface area contributed by atoms with Gasteiger partial charge in [-0.2, -0.15) is 0 Å². The van der Waals surface area contributed by atoms with E-state index in [1.54, 1.807) is 0 Å². The van der Waals surface area contributed by atoms with Crippen LogP contribution in [0.4, 0.5) is 0 Å². The lowest BCUT2D eigenvalue weighted by molar-refractivity contribution is -0.209. The zero-order chi connectivity index (χ0) is 19.9. The number of carbonyl (C=O) groups excluding carboxylic acids is 1. The van der Waals surface area contributed by atoms with Crippen LogP contribution in [-0.2, 0) is 14.3 Å². The number of aliphatic hydroxyl groups is 2. The lowest BCUT2D eigenvalue weighted by Gasteiger charge is -2.47. The van der Waals surface area contributed by atoms with E-state index >= 15 is 0 Å². The molecule has 1 rings (SSSR count). The number of unbranched alkanes of at least 4 members (excludes halogenated alkanes) is 1. The van der Waals surface area contributed by atoms with Gasteiger partial charge < -0.3 is 25.0 Å². The highest BCUT2D eigenvalue weighted by Gasteiger charge is 2.46. The highest BCUT2D eigenvalue weighted by atomic mass is 16.6. The van der Waals surface area contributed by atoms with Crippen LogP contribution in [0.25, 0.3) is 0 Å². The fraction of sp³-hybridized carbons (Fsp3) is 0.850. The summed E-state index contributed by atoms with van der Waals surface area (Å²) in [6, 6.07) is 0. The first kappa shape index (κ1) is 23.1. The molecule has 0 radical (unpaired) electrons. The standard InChI is InChI=1S/C20H37NO5/c1-7-8-9-17-20(4,5)16(23)12-15(26-17)19(25-6)21-18(24)14(22)11-10-13(2)3/h14-17,19,22-23H,2,7-12H2,1,3-6H3,(H,21,24). The molecule has 1 heterocycles. The van der Waals surface area contributed by atoms with E-state index in [-0.39, 0.29) is 11.5 Å². The molecule has 0 aliphatic carbocycles. The van der Waals surface area contributed by atoms with E-state index in [1.165, 1.54) is 7.11 Å². The number of allylic oxidation sites excluding steroid dienone is 1. The van der Waals surface area contributed by atoms with Crippen molar-refractivity contribution in [1.29, 1.82) is 0 Å². The maximum Gasteiger partial charge on any atom is 0.250 e. The molecule has 1 aliphatic heterocycles. The molecule has 3 N–H and O–H groups in total. The van der Waals surface area contributed by atoms with E-state index < -0.39 is 30.4 Å². The summed E-state index contributed by atoms with van der Waals surface area (Å²) in [7, 11) is 1.49.